The van der Waals surface area contributed by atoms with E-state index in [1.807, 2.05) is 0 Å². The number of ether oxygens (including phenoxy) is 1. The molecule has 0 spiro atoms. The molecule has 1 aromatic rings. The molecule has 24 heavy (non-hydrogen) atoms. The largest absolute Gasteiger partial charge is 0.378 e. The minimum absolute atomic E-state index is 0. The van der Waals surface area contributed by atoms with Crippen molar-refractivity contribution < 1.29 is 4.74 Å². The van der Waals surface area contributed by atoms with E-state index in [9.17, 15) is 0 Å². The van der Waals surface area contributed by atoms with Gasteiger partial charge in [0.05, 0.1) is 6.10 Å². The van der Waals surface area contributed by atoms with Crippen LogP contribution in [0.1, 0.15) is 57.4 Å². The van der Waals surface area contributed by atoms with Crippen LogP contribution in [-0.2, 0) is 4.74 Å². The Morgan fingerprint density at radius 1 is 1.38 bits per heavy atom. The summed E-state index contributed by atoms with van der Waals surface area (Å²) in [4.78, 5) is 4.70. The van der Waals surface area contributed by atoms with E-state index in [0.717, 1.165) is 38.6 Å². The molecule has 1 atom stereocenters. The first kappa shape index (κ1) is 21.7. The monoisotopic (exact) mass is 465 g/mol. The van der Waals surface area contributed by atoms with Gasteiger partial charge in [-0.1, -0.05) is 19.8 Å². The fraction of sp³-hybridized carbons (Fsp3) is 0.722. The molecule has 0 aromatic carbocycles. The lowest BCUT2D eigenvalue weighted by Crippen LogP contribution is -2.38. The summed E-state index contributed by atoms with van der Waals surface area (Å²) in [6.07, 6.45) is 6.71. The second-order valence-corrected chi connectivity index (χ2v) is 7.01. The number of hydrogen-bond acceptors (Lipinski definition) is 3. The van der Waals surface area contributed by atoms with Crippen LogP contribution in [0.3, 0.4) is 0 Å². The number of nitrogens with zero attached hydrogens (tertiary/aromatic N) is 1. The topological polar surface area (TPSA) is 45.7 Å². The van der Waals surface area contributed by atoms with Crippen LogP contribution in [0.15, 0.2) is 21.8 Å². The van der Waals surface area contributed by atoms with Gasteiger partial charge in [0, 0.05) is 32.2 Å². The van der Waals surface area contributed by atoms with E-state index in [1.165, 1.54) is 31.2 Å². The predicted molar refractivity (Wildman–Crippen MR) is 115 cm³/mol. The van der Waals surface area contributed by atoms with Gasteiger partial charge in [-0.15, -0.1) is 24.0 Å². The van der Waals surface area contributed by atoms with Gasteiger partial charge in [-0.3, -0.25) is 4.99 Å². The number of hydrogen-bond donors (Lipinski definition) is 2. The van der Waals surface area contributed by atoms with Gasteiger partial charge < -0.3 is 15.4 Å². The van der Waals surface area contributed by atoms with Gasteiger partial charge in [0.2, 0.25) is 0 Å². The maximum atomic E-state index is 5.89. The smallest absolute Gasteiger partial charge is 0.191 e. The molecular formula is C18H32IN3OS. The zero-order valence-electron chi connectivity index (χ0n) is 14.9. The lowest BCUT2D eigenvalue weighted by molar-refractivity contribution is 0.0574. The number of thiophene rings is 1. The SMILES string of the molecule is CCNC(=NCC(C)c1ccsc1)NCCCOC1CCCC1.I. The van der Waals surface area contributed by atoms with E-state index < -0.39 is 0 Å². The van der Waals surface area contributed by atoms with Crippen molar-refractivity contribution in [2.75, 3.05) is 26.2 Å². The van der Waals surface area contributed by atoms with Crippen LogP contribution in [-0.4, -0.2) is 38.3 Å². The number of halogens is 1. The molecule has 1 heterocycles. The zero-order chi connectivity index (χ0) is 16.3. The Morgan fingerprint density at radius 3 is 2.83 bits per heavy atom. The van der Waals surface area contributed by atoms with Crippen molar-refractivity contribution in [1.29, 1.82) is 0 Å². The molecule has 2 rings (SSSR count). The van der Waals surface area contributed by atoms with E-state index >= 15 is 0 Å². The Morgan fingerprint density at radius 2 is 2.17 bits per heavy atom. The van der Waals surface area contributed by atoms with Crippen molar-refractivity contribution in [2.24, 2.45) is 4.99 Å². The maximum Gasteiger partial charge on any atom is 0.191 e. The fourth-order valence-corrected chi connectivity index (χ4v) is 3.60. The predicted octanol–water partition coefficient (Wildman–Crippen LogP) is 4.37. The molecule has 6 heteroatoms. The van der Waals surface area contributed by atoms with E-state index in [0.29, 0.717) is 12.0 Å². The Balaban J connectivity index is 0.00000288. The second kappa shape index (κ2) is 12.9. The number of rotatable bonds is 9. The summed E-state index contributed by atoms with van der Waals surface area (Å²) in [6.45, 7) is 7.78. The summed E-state index contributed by atoms with van der Waals surface area (Å²) >= 11 is 1.75. The number of aliphatic imine (C=N–C) groups is 1. The van der Waals surface area contributed by atoms with Crippen molar-refractivity contribution in [2.45, 2.75) is 58.0 Å². The summed E-state index contributed by atoms with van der Waals surface area (Å²) < 4.78 is 5.89. The van der Waals surface area contributed by atoms with Gasteiger partial charge in [0.25, 0.3) is 0 Å². The van der Waals surface area contributed by atoms with Gasteiger partial charge >= 0.3 is 0 Å². The van der Waals surface area contributed by atoms with Crippen LogP contribution >= 0.6 is 35.3 Å². The van der Waals surface area contributed by atoms with Crippen molar-refractivity contribution in [3.05, 3.63) is 22.4 Å². The first-order valence-corrected chi connectivity index (χ1v) is 9.89. The van der Waals surface area contributed by atoms with Gasteiger partial charge in [0.15, 0.2) is 5.96 Å². The highest BCUT2D eigenvalue weighted by molar-refractivity contribution is 14.0. The molecule has 2 N–H and O–H groups in total. The molecule has 1 saturated carbocycles. The minimum Gasteiger partial charge on any atom is -0.378 e. The van der Waals surface area contributed by atoms with Crippen LogP contribution in [0.5, 0.6) is 0 Å². The first-order chi connectivity index (χ1) is 11.3. The average Bonchev–Trinajstić information content (AvgIpc) is 3.25. The van der Waals surface area contributed by atoms with E-state index in [4.69, 9.17) is 9.73 Å². The molecule has 1 aliphatic carbocycles. The van der Waals surface area contributed by atoms with E-state index in [-0.39, 0.29) is 24.0 Å². The molecule has 1 unspecified atom stereocenters. The highest BCUT2D eigenvalue weighted by Gasteiger charge is 2.14. The first-order valence-electron chi connectivity index (χ1n) is 8.95. The molecule has 0 saturated heterocycles. The standard InChI is InChI=1S/C18H31N3OS.HI/c1-3-19-18(21-13-15(2)16-9-12-23-14-16)20-10-6-11-22-17-7-4-5-8-17;/h9,12,14-15,17H,3-8,10-11,13H2,1-2H3,(H2,19,20,21);1H. The van der Waals surface area contributed by atoms with Crippen LogP contribution in [0.4, 0.5) is 0 Å². The van der Waals surface area contributed by atoms with E-state index in [2.05, 4.69) is 41.3 Å². The van der Waals surface area contributed by atoms with Crippen molar-refractivity contribution >= 4 is 41.3 Å². The minimum atomic E-state index is 0. The molecule has 0 amide bonds. The summed E-state index contributed by atoms with van der Waals surface area (Å²) in [5.41, 5.74) is 1.37. The van der Waals surface area contributed by atoms with Gasteiger partial charge in [-0.05, 0) is 48.6 Å². The number of nitrogens with one attached hydrogen (secondary N) is 2. The van der Waals surface area contributed by atoms with Gasteiger partial charge in [-0.2, -0.15) is 11.3 Å². The van der Waals surface area contributed by atoms with Crippen molar-refractivity contribution in [3.8, 4) is 0 Å². The highest BCUT2D eigenvalue weighted by Crippen LogP contribution is 2.20. The Kier molecular flexibility index (Phi) is 11.7. The van der Waals surface area contributed by atoms with Crippen LogP contribution in [0.25, 0.3) is 0 Å². The van der Waals surface area contributed by atoms with Crippen LogP contribution < -0.4 is 10.6 Å². The third kappa shape index (κ3) is 8.16. The number of guanidine groups is 1. The Labute approximate surface area is 167 Å². The fourth-order valence-electron chi connectivity index (χ4n) is 2.81. The summed E-state index contributed by atoms with van der Waals surface area (Å²) in [5.74, 6) is 1.37. The molecule has 1 aromatic heterocycles. The molecule has 0 bridgehead atoms. The second-order valence-electron chi connectivity index (χ2n) is 6.23. The summed E-state index contributed by atoms with van der Waals surface area (Å²) in [7, 11) is 0. The Bertz CT molecular complexity index is 447. The Hall–Kier alpha value is -0.340. The zero-order valence-corrected chi connectivity index (χ0v) is 18.1. The summed E-state index contributed by atoms with van der Waals surface area (Å²) in [5, 5.41) is 11.1. The van der Waals surface area contributed by atoms with E-state index in [1.54, 1.807) is 11.3 Å². The lowest BCUT2D eigenvalue weighted by atomic mass is 10.1. The molecule has 138 valence electrons. The van der Waals surface area contributed by atoms with Crippen molar-refractivity contribution in [1.82, 2.24) is 10.6 Å². The van der Waals surface area contributed by atoms with Crippen LogP contribution in [0, 0.1) is 0 Å². The van der Waals surface area contributed by atoms with Gasteiger partial charge in [0.1, 0.15) is 0 Å². The quantitative estimate of drug-likeness (QED) is 0.246. The molecule has 0 radical (unpaired) electrons. The van der Waals surface area contributed by atoms with Crippen LogP contribution in [0.2, 0.25) is 0 Å². The molecule has 1 aliphatic rings. The van der Waals surface area contributed by atoms with Crippen molar-refractivity contribution in [3.63, 3.8) is 0 Å². The molecule has 4 nitrogen and oxygen atoms in total. The third-order valence-corrected chi connectivity index (χ3v) is 4.95. The molecule has 1 fully saturated rings. The maximum absolute atomic E-state index is 5.89. The molecular weight excluding hydrogens is 433 g/mol. The average molecular weight is 465 g/mol. The van der Waals surface area contributed by atoms with Gasteiger partial charge in [-0.25, -0.2) is 0 Å². The third-order valence-electron chi connectivity index (χ3n) is 4.25. The molecule has 0 aliphatic heterocycles. The highest BCUT2D eigenvalue weighted by atomic mass is 127. The lowest BCUT2D eigenvalue weighted by Gasteiger charge is -2.14. The normalized spacial score (nSPS) is 16.7. The summed E-state index contributed by atoms with van der Waals surface area (Å²) in [6, 6.07) is 2.19.